The van der Waals surface area contributed by atoms with Gasteiger partial charge in [0.2, 0.25) is 0 Å². The van der Waals surface area contributed by atoms with Crippen molar-refractivity contribution in [3.8, 4) is 5.75 Å². The Morgan fingerprint density at radius 3 is 2.62 bits per heavy atom. The lowest BCUT2D eigenvalue weighted by atomic mass is 9.95. The molecule has 1 amide bonds. The van der Waals surface area contributed by atoms with E-state index < -0.39 is 0 Å². The van der Waals surface area contributed by atoms with Gasteiger partial charge in [0.1, 0.15) is 22.2 Å². The lowest BCUT2D eigenvalue weighted by molar-refractivity contribution is 0.0931. The first-order chi connectivity index (χ1) is 11.6. The number of benzene rings is 1. The van der Waals surface area contributed by atoms with Crippen LogP contribution in [-0.2, 0) is 6.61 Å². The highest BCUT2D eigenvalue weighted by atomic mass is 32.1. The van der Waals surface area contributed by atoms with Crippen LogP contribution in [0.2, 0.25) is 0 Å². The SMILES string of the molecule is Cc1ccc(OCc2nc(C)c(C(=O)NC3CCCCC3)s2)cc1. The minimum atomic E-state index is 0.0125. The maximum absolute atomic E-state index is 12.5. The van der Waals surface area contributed by atoms with E-state index in [0.29, 0.717) is 17.5 Å². The molecule has 4 nitrogen and oxygen atoms in total. The molecule has 1 N–H and O–H groups in total. The third-order valence-corrected chi connectivity index (χ3v) is 5.50. The van der Waals surface area contributed by atoms with E-state index in [1.807, 2.05) is 38.1 Å². The number of rotatable bonds is 5. The van der Waals surface area contributed by atoms with E-state index in [4.69, 9.17) is 4.74 Å². The number of ether oxygens (including phenoxy) is 1. The summed E-state index contributed by atoms with van der Waals surface area (Å²) < 4.78 is 5.76. The van der Waals surface area contributed by atoms with Gasteiger partial charge >= 0.3 is 0 Å². The van der Waals surface area contributed by atoms with E-state index >= 15 is 0 Å². The lowest BCUT2D eigenvalue weighted by Crippen LogP contribution is -2.36. The Morgan fingerprint density at radius 2 is 1.92 bits per heavy atom. The molecular formula is C19H24N2O2S. The number of thiazole rings is 1. The van der Waals surface area contributed by atoms with Crippen molar-refractivity contribution in [3.63, 3.8) is 0 Å². The van der Waals surface area contributed by atoms with Gasteiger partial charge in [-0.1, -0.05) is 37.0 Å². The Bertz CT molecular complexity index is 688. The molecule has 1 aliphatic carbocycles. The fourth-order valence-corrected chi connectivity index (χ4v) is 3.88. The van der Waals surface area contributed by atoms with E-state index in [2.05, 4.69) is 10.3 Å². The summed E-state index contributed by atoms with van der Waals surface area (Å²) in [7, 11) is 0. The van der Waals surface area contributed by atoms with Gasteiger partial charge in [-0.2, -0.15) is 0 Å². The van der Waals surface area contributed by atoms with Crippen LogP contribution in [0.1, 0.15) is 58.0 Å². The van der Waals surface area contributed by atoms with Crippen LogP contribution in [0.25, 0.3) is 0 Å². The van der Waals surface area contributed by atoms with Crippen molar-refractivity contribution in [2.75, 3.05) is 0 Å². The summed E-state index contributed by atoms with van der Waals surface area (Å²) in [5.74, 6) is 0.833. The molecular weight excluding hydrogens is 320 g/mol. The van der Waals surface area contributed by atoms with Crippen LogP contribution in [0.5, 0.6) is 5.75 Å². The Morgan fingerprint density at radius 1 is 1.21 bits per heavy atom. The Labute approximate surface area is 147 Å². The summed E-state index contributed by atoms with van der Waals surface area (Å²) in [6, 6.07) is 8.26. The summed E-state index contributed by atoms with van der Waals surface area (Å²) in [6.07, 6.45) is 5.89. The zero-order chi connectivity index (χ0) is 16.9. The van der Waals surface area contributed by atoms with E-state index in [0.717, 1.165) is 29.3 Å². The van der Waals surface area contributed by atoms with E-state index in [-0.39, 0.29) is 5.91 Å². The molecule has 1 heterocycles. The van der Waals surface area contributed by atoms with Crippen molar-refractivity contribution in [1.82, 2.24) is 10.3 Å². The van der Waals surface area contributed by atoms with Crippen molar-refractivity contribution in [2.45, 2.75) is 58.6 Å². The largest absolute Gasteiger partial charge is 0.486 e. The predicted molar refractivity (Wildman–Crippen MR) is 96.7 cm³/mol. The van der Waals surface area contributed by atoms with Gasteiger partial charge in [-0.25, -0.2) is 4.98 Å². The van der Waals surface area contributed by atoms with Gasteiger partial charge in [0, 0.05) is 6.04 Å². The molecule has 1 aromatic heterocycles. The number of carbonyl (C=O) groups excluding carboxylic acids is 1. The van der Waals surface area contributed by atoms with Crippen LogP contribution in [-0.4, -0.2) is 16.9 Å². The van der Waals surface area contributed by atoms with E-state index in [1.165, 1.54) is 36.2 Å². The Kier molecular flexibility index (Phi) is 5.51. The van der Waals surface area contributed by atoms with Gasteiger partial charge in [-0.05, 0) is 38.8 Å². The van der Waals surface area contributed by atoms with Gasteiger partial charge in [-0.3, -0.25) is 4.79 Å². The van der Waals surface area contributed by atoms with Crippen LogP contribution in [0.3, 0.4) is 0 Å². The summed E-state index contributed by atoms with van der Waals surface area (Å²) in [5.41, 5.74) is 1.99. The molecule has 0 saturated heterocycles. The summed E-state index contributed by atoms with van der Waals surface area (Å²) >= 11 is 1.43. The highest BCUT2D eigenvalue weighted by Gasteiger charge is 2.20. The second-order valence-corrected chi connectivity index (χ2v) is 7.52. The molecule has 0 bridgehead atoms. The zero-order valence-electron chi connectivity index (χ0n) is 14.3. The van der Waals surface area contributed by atoms with Crippen molar-refractivity contribution >= 4 is 17.2 Å². The van der Waals surface area contributed by atoms with Crippen molar-refractivity contribution in [2.24, 2.45) is 0 Å². The molecule has 0 atom stereocenters. The van der Waals surface area contributed by atoms with Gasteiger partial charge in [-0.15, -0.1) is 11.3 Å². The fourth-order valence-electron chi connectivity index (χ4n) is 3.00. The average Bonchev–Trinajstić information content (AvgIpc) is 2.96. The Hall–Kier alpha value is -1.88. The van der Waals surface area contributed by atoms with Crippen molar-refractivity contribution in [3.05, 3.63) is 45.4 Å². The second kappa shape index (κ2) is 7.79. The smallest absolute Gasteiger partial charge is 0.263 e. The summed E-state index contributed by atoms with van der Waals surface area (Å²) in [5, 5.41) is 4.00. The highest BCUT2D eigenvalue weighted by Crippen LogP contribution is 2.22. The Balaban J connectivity index is 1.59. The lowest BCUT2D eigenvalue weighted by Gasteiger charge is -2.22. The van der Waals surface area contributed by atoms with Crippen molar-refractivity contribution in [1.29, 1.82) is 0 Å². The quantitative estimate of drug-likeness (QED) is 0.874. The third kappa shape index (κ3) is 4.35. The molecule has 0 unspecified atom stereocenters. The van der Waals surface area contributed by atoms with Gasteiger partial charge in [0.15, 0.2) is 0 Å². The zero-order valence-corrected chi connectivity index (χ0v) is 15.1. The highest BCUT2D eigenvalue weighted by molar-refractivity contribution is 7.13. The van der Waals surface area contributed by atoms with Crippen molar-refractivity contribution < 1.29 is 9.53 Å². The number of nitrogens with one attached hydrogen (secondary N) is 1. The number of nitrogens with zero attached hydrogens (tertiary/aromatic N) is 1. The number of amides is 1. The topological polar surface area (TPSA) is 51.2 Å². The molecule has 0 spiro atoms. The molecule has 0 radical (unpaired) electrons. The average molecular weight is 344 g/mol. The molecule has 0 aliphatic heterocycles. The summed E-state index contributed by atoms with van der Waals surface area (Å²) in [4.78, 5) is 17.7. The van der Waals surface area contributed by atoms with Crippen LogP contribution in [0, 0.1) is 13.8 Å². The maximum atomic E-state index is 12.5. The van der Waals surface area contributed by atoms with Gasteiger partial charge in [0.05, 0.1) is 5.69 Å². The molecule has 1 aromatic carbocycles. The predicted octanol–water partition coefficient (Wildman–Crippen LogP) is 4.40. The molecule has 128 valence electrons. The van der Waals surface area contributed by atoms with E-state index in [9.17, 15) is 4.79 Å². The number of carbonyl (C=O) groups is 1. The maximum Gasteiger partial charge on any atom is 0.263 e. The molecule has 2 aromatic rings. The molecule has 3 rings (SSSR count). The first-order valence-electron chi connectivity index (χ1n) is 8.58. The second-order valence-electron chi connectivity index (χ2n) is 6.43. The van der Waals surface area contributed by atoms with Crippen LogP contribution < -0.4 is 10.1 Å². The number of aromatic nitrogens is 1. The minimum absolute atomic E-state index is 0.0125. The first-order valence-corrected chi connectivity index (χ1v) is 9.40. The molecule has 1 fully saturated rings. The van der Waals surface area contributed by atoms with Crippen LogP contribution >= 0.6 is 11.3 Å². The molecule has 24 heavy (non-hydrogen) atoms. The normalized spacial score (nSPS) is 15.2. The molecule has 5 heteroatoms. The number of hydrogen-bond donors (Lipinski definition) is 1. The van der Waals surface area contributed by atoms with E-state index in [1.54, 1.807) is 0 Å². The number of hydrogen-bond acceptors (Lipinski definition) is 4. The standard InChI is InChI=1S/C19H24N2O2S/c1-13-8-10-16(11-9-13)23-12-17-20-14(2)18(24-17)19(22)21-15-6-4-3-5-7-15/h8-11,15H,3-7,12H2,1-2H3,(H,21,22). The fraction of sp³-hybridized carbons (Fsp3) is 0.474. The monoisotopic (exact) mass is 344 g/mol. The molecule has 1 saturated carbocycles. The van der Waals surface area contributed by atoms with Crippen LogP contribution in [0.15, 0.2) is 24.3 Å². The van der Waals surface area contributed by atoms with Gasteiger partial charge < -0.3 is 10.1 Å². The first kappa shape index (κ1) is 17.0. The third-order valence-electron chi connectivity index (χ3n) is 4.37. The summed E-state index contributed by atoms with van der Waals surface area (Å²) in [6.45, 7) is 4.33. The molecule has 1 aliphatic rings. The van der Waals surface area contributed by atoms with Gasteiger partial charge in [0.25, 0.3) is 5.91 Å². The number of aryl methyl sites for hydroxylation is 2. The van der Waals surface area contributed by atoms with Crippen LogP contribution in [0.4, 0.5) is 0 Å². The minimum Gasteiger partial charge on any atom is -0.486 e.